The van der Waals surface area contributed by atoms with Crippen LogP contribution in [-0.4, -0.2) is 36.3 Å². The van der Waals surface area contributed by atoms with E-state index in [0.29, 0.717) is 30.0 Å². The van der Waals surface area contributed by atoms with Crippen molar-refractivity contribution in [2.75, 3.05) is 25.1 Å². The molecule has 4 rings (SSSR count). The van der Waals surface area contributed by atoms with Gasteiger partial charge in [-0.15, -0.1) is 0 Å². The van der Waals surface area contributed by atoms with Crippen molar-refractivity contribution in [1.82, 2.24) is 9.97 Å². The number of anilines is 1. The monoisotopic (exact) mass is 375 g/mol. The Morgan fingerprint density at radius 2 is 1.74 bits per heavy atom. The molecule has 0 bridgehead atoms. The normalized spacial score (nSPS) is 16.4. The molecule has 8 heteroatoms. The Balaban J connectivity index is 1.64. The van der Waals surface area contributed by atoms with Gasteiger partial charge in [0.1, 0.15) is 12.4 Å². The minimum absolute atomic E-state index is 0.204. The summed E-state index contributed by atoms with van der Waals surface area (Å²) in [6.45, 7) is 0.614. The van der Waals surface area contributed by atoms with Gasteiger partial charge in [-0.1, -0.05) is 24.3 Å². The van der Waals surface area contributed by atoms with Crippen LogP contribution in [-0.2, 0) is 6.18 Å². The Morgan fingerprint density at radius 1 is 1.04 bits per heavy atom. The largest absolute Gasteiger partial charge is 0.486 e. The quantitative estimate of drug-likeness (QED) is 0.694. The summed E-state index contributed by atoms with van der Waals surface area (Å²) >= 11 is 0. The molecule has 1 aromatic heterocycles. The van der Waals surface area contributed by atoms with Gasteiger partial charge in [0, 0.05) is 12.4 Å². The maximum Gasteiger partial charge on any atom is 0.451 e. The number of likely N-dealkylation sites (N-methyl/N-ethyl adjacent to an activating group) is 1. The van der Waals surface area contributed by atoms with Crippen LogP contribution < -0.4 is 14.4 Å². The van der Waals surface area contributed by atoms with Crippen LogP contribution in [0, 0.1) is 0 Å². The number of fused-ring (bicyclic) bond motifs is 2. The minimum Gasteiger partial charge on any atom is -0.486 e. The van der Waals surface area contributed by atoms with Crippen LogP contribution >= 0.6 is 0 Å². The van der Waals surface area contributed by atoms with E-state index >= 15 is 0 Å². The zero-order valence-corrected chi connectivity index (χ0v) is 14.4. The summed E-state index contributed by atoms with van der Waals surface area (Å²) in [5, 5.41) is 0.546. The Hall–Kier alpha value is -3.03. The lowest BCUT2D eigenvalue weighted by Gasteiger charge is -2.30. The highest BCUT2D eigenvalue weighted by molar-refractivity contribution is 5.89. The van der Waals surface area contributed by atoms with Crippen molar-refractivity contribution in [3.8, 4) is 11.5 Å². The highest BCUT2D eigenvalue weighted by Crippen LogP contribution is 2.33. The van der Waals surface area contributed by atoms with Gasteiger partial charge >= 0.3 is 6.18 Å². The van der Waals surface area contributed by atoms with E-state index in [1.165, 1.54) is 0 Å². The number of hydrogen-bond donors (Lipinski definition) is 0. The van der Waals surface area contributed by atoms with Gasteiger partial charge in [-0.05, 0) is 24.3 Å². The van der Waals surface area contributed by atoms with Crippen LogP contribution in [0.2, 0.25) is 0 Å². The predicted molar refractivity (Wildman–Crippen MR) is 94.2 cm³/mol. The highest BCUT2D eigenvalue weighted by atomic mass is 19.4. The van der Waals surface area contributed by atoms with Crippen molar-refractivity contribution in [3.05, 3.63) is 54.4 Å². The van der Waals surface area contributed by atoms with Crippen molar-refractivity contribution in [1.29, 1.82) is 0 Å². The number of para-hydroxylation sites is 3. The fraction of sp³-hybridized carbons (Fsp3) is 0.263. The summed E-state index contributed by atoms with van der Waals surface area (Å²) in [5.41, 5.74) is 0.243. The summed E-state index contributed by atoms with van der Waals surface area (Å²) in [6.07, 6.45) is -4.96. The Bertz CT molecular complexity index is 978. The molecule has 27 heavy (non-hydrogen) atoms. The van der Waals surface area contributed by atoms with Crippen LogP contribution in [0.5, 0.6) is 11.5 Å². The zero-order valence-electron chi connectivity index (χ0n) is 14.4. The molecule has 0 saturated carbocycles. The van der Waals surface area contributed by atoms with E-state index in [1.54, 1.807) is 42.3 Å². The molecule has 1 aliphatic rings. The molecule has 0 spiro atoms. The van der Waals surface area contributed by atoms with Crippen molar-refractivity contribution < 1.29 is 22.6 Å². The van der Waals surface area contributed by atoms with Crippen LogP contribution in [0.25, 0.3) is 10.9 Å². The van der Waals surface area contributed by atoms with Crippen LogP contribution in [0.3, 0.4) is 0 Å². The first kappa shape index (κ1) is 17.4. The number of ether oxygens (including phenoxy) is 2. The third kappa shape index (κ3) is 3.47. The maximum atomic E-state index is 13.2. The third-order valence-electron chi connectivity index (χ3n) is 4.24. The molecule has 1 atom stereocenters. The first-order chi connectivity index (χ1) is 12.9. The molecule has 0 aliphatic carbocycles. The zero-order chi connectivity index (χ0) is 19.0. The third-order valence-corrected chi connectivity index (χ3v) is 4.24. The van der Waals surface area contributed by atoms with E-state index in [-0.39, 0.29) is 17.4 Å². The molecule has 0 amide bonds. The molecular formula is C19H16F3N3O2. The van der Waals surface area contributed by atoms with Gasteiger partial charge in [-0.2, -0.15) is 13.2 Å². The molecule has 140 valence electrons. The summed E-state index contributed by atoms with van der Waals surface area (Å²) in [4.78, 5) is 9.06. The standard InChI is InChI=1S/C19H16F3N3O2/c1-25(10-12-11-26-15-8-4-5-9-16(15)27-12)17-13-6-2-3-7-14(13)23-18(24-17)19(20,21)22/h2-9,12H,10-11H2,1H3/t12-/m0/s1. The molecule has 1 aliphatic heterocycles. The number of nitrogens with zero attached hydrogens (tertiary/aromatic N) is 3. The Morgan fingerprint density at radius 3 is 2.52 bits per heavy atom. The lowest BCUT2D eigenvalue weighted by atomic mass is 10.2. The van der Waals surface area contributed by atoms with Crippen molar-refractivity contribution in [2.45, 2.75) is 12.3 Å². The van der Waals surface area contributed by atoms with Gasteiger partial charge in [-0.25, -0.2) is 9.97 Å². The topological polar surface area (TPSA) is 47.5 Å². The molecule has 0 saturated heterocycles. The van der Waals surface area contributed by atoms with Crippen molar-refractivity contribution in [2.24, 2.45) is 0 Å². The first-order valence-electron chi connectivity index (χ1n) is 8.35. The van der Waals surface area contributed by atoms with Gasteiger partial charge in [0.05, 0.1) is 12.1 Å². The molecule has 2 aromatic carbocycles. The lowest BCUT2D eigenvalue weighted by molar-refractivity contribution is -0.144. The average molecular weight is 375 g/mol. The van der Waals surface area contributed by atoms with Crippen LogP contribution in [0.4, 0.5) is 19.0 Å². The van der Waals surface area contributed by atoms with E-state index in [4.69, 9.17) is 9.47 Å². The molecule has 3 aromatic rings. The van der Waals surface area contributed by atoms with E-state index in [1.807, 2.05) is 18.2 Å². The summed E-state index contributed by atoms with van der Waals surface area (Å²) in [5.74, 6) is 0.318. The molecule has 0 N–H and O–H groups in total. The number of aromatic nitrogens is 2. The van der Waals surface area contributed by atoms with E-state index in [0.717, 1.165) is 0 Å². The highest BCUT2D eigenvalue weighted by Gasteiger charge is 2.36. The van der Waals surface area contributed by atoms with Gasteiger partial charge in [0.2, 0.25) is 5.82 Å². The van der Waals surface area contributed by atoms with Crippen LogP contribution in [0.15, 0.2) is 48.5 Å². The van der Waals surface area contributed by atoms with Crippen LogP contribution in [0.1, 0.15) is 5.82 Å². The Kier molecular flexibility index (Phi) is 4.25. The van der Waals surface area contributed by atoms with Gasteiger partial charge in [0.15, 0.2) is 17.6 Å². The fourth-order valence-electron chi connectivity index (χ4n) is 3.02. The summed E-state index contributed by atoms with van der Waals surface area (Å²) < 4.78 is 51.2. The number of alkyl halides is 3. The molecular weight excluding hydrogens is 359 g/mol. The molecule has 5 nitrogen and oxygen atoms in total. The maximum absolute atomic E-state index is 13.2. The van der Waals surface area contributed by atoms with Gasteiger partial charge < -0.3 is 14.4 Å². The molecule has 0 unspecified atom stereocenters. The number of hydrogen-bond acceptors (Lipinski definition) is 5. The molecule has 2 heterocycles. The smallest absolute Gasteiger partial charge is 0.451 e. The predicted octanol–water partition coefficient (Wildman–Crippen LogP) is 3.92. The number of halogens is 3. The Labute approximate surface area is 153 Å². The van der Waals surface area contributed by atoms with E-state index in [2.05, 4.69) is 9.97 Å². The first-order valence-corrected chi connectivity index (χ1v) is 8.35. The van der Waals surface area contributed by atoms with Crippen molar-refractivity contribution >= 4 is 16.7 Å². The van der Waals surface area contributed by atoms with E-state index in [9.17, 15) is 13.2 Å². The second-order valence-corrected chi connectivity index (χ2v) is 6.26. The summed E-state index contributed by atoms with van der Waals surface area (Å²) in [7, 11) is 1.68. The second-order valence-electron chi connectivity index (χ2n) is 6.26. The molecule has 0 fully saturated rings. The second kappa shape index (κ2) is 6.61. The number of benzene rings is 2. The van der Waals surface area contributed by atoms with Crippen molar-refractivity contribution in [3.63, 3.8) is 0 Å². The average Bonchev–Trinajstić information content (AvgIpc) is 2.66. The lowest BCUT2D eigenvalue weighted by Crippen LogP contribution is -2.40. The van der Waals surface area contributed by atoms with Gasteiger partial charge in [0.25, 0.3) is 0 Å². The molecule has 0 radical (unpaired) electrons. The minimum atomic E-state index is -4.62. The van der Waals surface area contributed by atoms with Gasteiger partial charge in [-0.3, -0.25) is 0 Å². The summed E-state index contributed by atoms with van der Waals surface area (Å²) in [6, 6.07) is 13.9. The SMILES string of the molecule is CN(C[C@H]1COc2ccccc2O1)c1nc(C(F)(F)F)nc2ccccc12. The van der Waals surface area contributed by atoms with E-state index < -0.39 is 12.0 Å². The number of rotatable bonds is 3. The fourth-order valence-corrected chi connectivity index (χ4v) is 3.02.